The Balaban J connectivity index is 2.62. The van der Waals surface area contributed by atoms with Crippen LogP contribution < -0.4 is 10.6 Å². The molecule has 0 radical (unpaired) electrons. The Kier molecular flexibility index (Phi) is 5.08. The Labute approximate surface area is 116 Å². The summed E-state index contributed by atoms with van der Waals surface area (Å²) in [4.78, 5) is 35.1. The van der Waals surface area contributed by atoms with Gasteiger partial charge in [0.05, 0.1) is 12.1 Å². The summed E-state index contributed by atoms with van der Waals surface area (Å²) in [5.41, 5.74) is 1.26. The zero-order valence-corrected chi connectivity index (χ0v) is 11.6. The molecule has 0 aliphatic heterocycles. The van der Waals surface area contributed by atoms with Crippen molar-refractivity contribution in [2.45, 2.75) is 6.92 Å². The molecule has 0 heterocycles. The van der Waals surface area contributed by atoms with Crippen LogP contribution >= 0.6 is 0 Å². The first-order valence-electron chi connectivity index (χ1n) is 5.90. The largest absolute Gasteiger partial charge is 0.478 e. The molecule has 0 saturated carbocycles. The molecule has 0 fully saturated rings. The normalized spacial score (nSPS) is 9.75. The average Bonchev–Trinajstić information content (AvgIpc) is 2.37. The van der Waals surface area contributed by atoms with Crippen molar-refractivity contribution in [3.63, 3.8) is 0 Å². The highest BCUT2D eigenvalue weighted by Gasteiger charge is 2.10. The van der Waals surface area contributed by atoms with Crippen LogP contribution in [0.25, 0.3) is 0 Å². The Morgan fingerprint density at radius 3 is 2.40 bits per heavy atom. The van der Waals surface area contributed by atoms with Gasteiger partial charge in [0.15, 0.2) is 0 Å². The molecule has 7 heteroatoms. The first-order chi connectivity index (χ1) is 9.31. The standard InChI is InChI=1S/C13H17N3O4/c1-8-6-9(12(18)19)4-5-10(8)15-13(20)14-7-11(17)16(2)3/h4-6H,7H2,1-3H3,(H,18,19)(H2,14,15,20). The highest BCUT2D eigenvalue weighted by molar-refractivity contribution is 5.94. The molecule has 1 aromatic rings. The molecule has 0 aliphatic carbocycles. The van der Waals surface area contributed by atoms with Crippen LogP contribution in [0.4, 0.5) is 10.5 Å². The van der Waals surface area contributed by atoms with Crippen molar-refractivity contribution in [2.75, 3.05) is 26.0 Å². The second kappa shape index (κ2) is 6.55. The number of rotatable bonds is 4. The highest BCUT2D eigenvalue weighted by atomic mass is 16.4. The molecule has 0 bridgehead atoms. The van der Waals surface area contributed by atoms with Gasteiger partial charge in [0.1, 0.15) is 0 Å². The fraction of sp³-hybridized carbons (Fsp3) is 0.308. The average molecular weight is 279 g/mol. The third kappa shape index (κ3) is 4.27. The topological polar surface area (TPSA) is 98.7 Å². The molecule has 1 aromatic carbocycles. The Morgan fingerprint density at radius 1 is 1.25 bits per heavy atom. The van der Waals surface area contributed by atoms with Gasteiger partial charge in [0.25, 0.3) is 0 Å². The van der Waals surface area contributed by atoms with Crippen LogP contribution in [-0.2, 0) is 4.79 Å². The number of urea groups is 1. The van der Waals surface area contributed by atoms with Gasteiger partial charge in [-0.25, -0.2) is 9.59 Å². The highest BCUT2D eigenvalue weighted by Crippen LogP contribution is 2.16. The summed E-state index contributed by atoms with van der Waals surface area (Å²) in [6, 6.07) is 3.84. The number of carboxylic acids is 1. The van der Waals surface area contributed by atoms with Gasteiger partial charge in [0.2, 0.25) is 5.91 Å². The van der Waals surface area contributed by atoms with E-state index in [9.17, 15) is 14.4 Å². The second-order valence-corrected chi connectivity index (χ2v) is 4.43. The fourth-order valence-electron chi connectivity index (χ4n) is 1.42. The van der Waals surface area contributed by atoms with Crippen molar-refractivity contribution in [3.8, 4) is 0 Å². The zero-order valence-electron chi connectivity index (χ0n) is 11.6. The number of hydrogen-bond donors (Lipinski definition) is 3. The van der Waals surface area contributed by atoms with Gasteiger partial charge in [0, 0.05) is 19.8 Å². The van der Waals surface area contributed by atoms with E-state index in [4.69, 9.17) is 5.11 Å². The lowest BCUT2D eigenvalue weighted by Gasteiger charge is -2.12. The molecule has 0 unspecified atom stereocenters. The van der Waals surface area contributed by atoms with Crippen molar-refractivity contribution in [2.24, 2.45) is 0 Å². The number of likely N-dealkylation sites (N-methyl/N-ethyl adjacent to an activating group) is 1. The van der Waals surface area contributed by atoms with Crippen molar-refractivity contribution < 1.29 is 19.5 Å². The minimum Gasteiger partial charge on any atom is -0.478 e. The molecular weight excluding hydrogens is 262 g/mol. The molecule has 0 saturated heterocycles. The summed E-state index contributed by atoms with van der Waals surface area (Å²) in [5.74, 6) is -1.25. The maximum absolute atomic E-state index is 11.6. The number of nitrogens with zero attached hydrogens (tertiary/aromatic N) is 1. The smallest absolute Gasteiger partial charge is 0.335 e. The summed E-state index contributed by atoms with van der Waals surface area (Å²) in [6.45, 7) is 1.58. The lowest BCUT2D eigenvalue weighted by Crippen LogP contribution is -2.38. The number of amides is 3. The van der Waals surface area contributed by atoms with Crippen LogP contribution in [-0.4, -0.2) is 48.6 Å². The van der Waals surface area contributed by atoms with E-state index in [1.165, 1.54) is 23.1 Å². The first-order valence-corrected chi connectivity index (χ1v) is 5.90. The predicted octanol–water partition coefficient (Wildman–Crippen LogP) is 0.903. The quantitative estimate of drug-likeness (QED) is 0.762. The third-order valence-corrected chi connectivity index (χ3v) is 2.62. The number of carbonyl (C=O) groups is 3. The number of carbonyl (C=O) groups excluding carboxylic acids is 2. The lowest BCUT2D eigenvalue weighted by atomic mass is 10.1. The summed E-state index contributed by atoms with van der Waals surface area (Å²) < 4.78 is 0. The molecule has 7 nitrogen and oxygen atoms in total. The van der Waals surface area contributed by atoms with Crippen LogP contribution in [0.1, 0.15) is 15.9 Å². The van der Waals surface area contributed by atoms with Gasteiger partial charge >= 0.3 is 12.0 Å². The van der Waals surface area contributed by atoms with Gasteiger partial charge in [-0.1, -0.05) is 0 Å². The maximum Gasteiger partial charge on any atom is 0.335 e. The maximum atomic E-state index is 11.6. The number of hydrogen-bond acceptors (Lipinski definition) is 3. The lowest BCUT2D eigenvalue weighted by molar-refractivity contribution is -0.127. The second-order valence-electron chi connectivity index (χ2n) is 4.43. The van der Waals surface area contributed by atoms with Gasteiger partial charge in [-0.2, -0.15) is 0 Å². The van der Waals surface area contributed by atoms with Crippen molar-refractivity contribution in [1.29, 1.82) is 0 Å². The molecular formula is C13H17N3O4. The number of anilines is 1. The fourth-order valence-corrected chi connectivity index (χ4v) is 1.42. The van der Waals surface area contributed by atoms with E-state index in [0.29, 0.717) is 11.3 Å². The summed E-state index contributed by atoms with van der Waals surface area (Å²) >= 11 is 0. The van der Waals surface area contributed by atoms with Gasteiger partial charge < -0.3 is 20.6 Å². The molecule has 0 spiro atoms. The number of benzene rings is 1. The van der Waals surface area contributed by atoms with E-state index >= 15 is 0 Å². The van der Waals surface area contributed by atoms with Gasteiger partial charge in [-0.05, 0) is 30.7 Å². The van der Waals surface area contributed by atoms with E-state index in [2.05, 4.69) is 10.6 Å². The SMILES string of the molecule is Cc1cc(C(=O)O)ccc1NC(=O)NCC(=O)N(C)C. The van der Waals surface area contributed by atoms with Crippen LogP contribution in [0.2, 0.25) is 0 Å². The summed E-state index contributed by atoms with van der Waals surface area (Å²) in [5, 5.41) is 13.8. The van der Waals surface area contributed by atoms with Crippen LogP contribution in [0.15, 0.2) is 18.2 Å². The first kappa shape index (κ1) is 15.5. The minimum absolute atomic E-state index is 0.106. The van der Waals surface area contributed by atoms with E-state index in [1.54, 1.807) is 21.0 Å². The third-order valence-electron chi connectivity index (χ3n) is 2.62. The molecule has 108 valence electrons. The number of aromatic carboxylic acids is 1. The van der Waals surface area contributed by atoms with Crippen molar-refractivity contribution in [3.05, 3.63) is 29.3 Å². The Morgan fingerprint density at radius 2 is 1.90 bits per heavy atom. The van der Waals surface area contributed by atoms with Crippen molar-refractivity contribution in [1.82, 2.24) is 10.2 Å². The van der Waals surface area contributed by atoms with Crippen LogP contribution in [0, 0.1) is 6.92 Å². The van der Waals surface area contributed by atoms with E-state index in [0.717, 1.165) is 0 Å². The summed E-state index contributed by atoms with van der Waals surface area (Å²) in [6.07, 6.45) is 0. The monoisotopic (exact) mass is 279 g/mol. The minimum atomic E-state index is -1.03. The zero-order chi connectivity index (χ0) is 15.3. The van der Waals surface area contributed by atoms with Crippen LogP contribution in [0.3, 0.4) is 0 Å². The van der Waals surface area contributed by atoms with Gasteiger partial charge in [-0.15, -0.1) is 0 Å². The van der Waals surface area contributed by atoms with E-state index in [-0.39, 0.29) is 18.0 Å². The van der Waals surface area contributed by atoms with E-state index < -0.39 is 12.0 Å². The molecule has 1 rings (SSSR count). The molecule has 20 heavy (non-hydrogen) atoms. The number of nitrogens with one attached hydrogen (secondary N) is 2. The summed E-state index contributed by atoms with van der Waals surface area (Å²) in [7, 11) is 3.19. The Bertz CT molecular complexity index is 540. The molecule has 0 aromatic heterocycles. The number of carboxylic acid groups (broad SMARTS) is 1. The van der Waals surface area contributed by atoms with Gasteiger partial charge in [-0.3, -0.25) is 4.79 Å². The molecule has 0 atom stereocenters. The van der Waals surface area contributed by atoms with Crippen LogP contribution in [0.5, 0.6) is 0 Å². The number of aryl methyl sites for hydroxylation is 1. The van der Waals surface area contributed by atoms with Crippen molar-refractivity contribution >= 4 is 23.6 Å². The predicted molar refractivity (Wildman–Crippen MR) is 73.9 cm³/mol. The Hall–Kier alpha value is -2.57. The molecule has 3 amide bonds. The molecule has 0 aliphatic rings. The molecule has 3 N–H and O–H groups in total. The van der Waals surface area contributed by atoms with E-state index in [1.807, 2.05) is 0 Å².